The topological polar surface area (TPSA) is 85.8 Å². The molecule has 1 aromatic carbocycles. The van der Waals surface area contributed by atoms with E-state index in [1.807, 2.05) is 0 Å². The first-order chi connectivity index (χ1) is 14.4. The second kappa shape index (κ2) is 13.0. The van der Waals surface area contributed by atoms with Gasteiger partial charge in [-0.05, 0) is 49.7 Å². The third-order valence-electron chi connectivity index (χ3n) is 6.29. The summed E-state index contributed by atoms with van der Waals surface area (Å²) in [4.78, 5) is 6.76. The molecule has 1 aliphatic carbocycles. The second-order valence-electron chi connectivity index (χ2n) is 8.58. The zero-order valence-electron chi connectivity index (χ0n) is 18.8. The summed E-state index contributed by atoms with van der Waals surface area (Å²) in [5, 5.41) is 6.61. The van der Waals surface area contributed by atoms with Crippen molar-refractivity contribution >= 4 is 40.0 Å². The summed E-state index contributed by atoms with van der Waals surface area (Å²) in [5.74, 6) is 1.27. The van der Waals surface area contributed by atoms with Crippen LogP contribution in [0.4, 0.5) is 0 Å². The van der Waals surface area contributed by atoms with Crippen LogP contribution >= 0.6 is 24.0 Å². The molecule has 1 saturated carbocycles. The molecule has 0 atom stereocenters. The molecule has 0 amide bonds. The van der Waals surface area contributed by atoms with Crippen molar-refractivity contribution in [2.24, 2.45) is 10.9 Å². The summed E-state index contributed by atoms with van der Waals surface area (Å²) in [5.41, 5.74) is 2.74. The number of guanidine groups is 1. The number of likely N-dealkylation sites (tertiary alicyclic amines) is 1. The highest BCUT2D eigenvalue weighted by Crippen LogP contribution is 2.25. The average molecular weight is 564 g/mol. The molecule has 31 heavy (non-hydrogen) atoms. The molecular weight excluding hydrogens is 525 g/mol. The third kappa shape index (κ3) is 8.86. The average Bonchev–Trinajstić information content (AvgIpc) is 2.69. The van der Waals surface area contributed by atoms with Gasteiger partial charge in [0.1, 0.15) is 0 Å². The summed E-state index contributed by atoms with van der Waals surface area (Å²) < 4.78 is 27.0. The van der Waals surface area contributed by atoms with Gasteiger partial charge in [-0.25, -0.2) is 13.1 Å². The van der Waals surface area contributed by atoms with Crippen LogP contribution in [0.25, 0.3) is 0 Å². The number of rotatable bonds is 9. The molecule has 2 fully saturated rings. The van der Waals surface area contributed by atoms with Crippen LogP contribution in [-0.4, -0.2) is 64.3 Å². The number of sulfonamides is 1. The van der Waals surface area contributed by atoms with Gasteiger partial charge < -0.3 is 10.6 Å². The number of aliphatic imine (C=N–C) groups is 1. The van der Waals surface area contributed by atoms with Crippen molar-refractivity contribution in [3.8, 4) is 0 Å². The zero-order chi connectivity index (χ0) is 21.4. The van der Waals surface area contributed by atoms with E-state index in [0.29, 0.717) is 31.0 Å². The Bertz CT molecular complexity index is 806. The van der Waals surface area contributed by atoms with Gasteiger partial charge in [-0.3, -0.25) is 9.89 Å². The second-order valence-corrected chi connectivity index (χ2v) is 10.5. The van der Waals surface area contributed by atoms with E-state index >= 15 is 0 Å². The maximum absolute atomic E-state index is 12.1. The Morgan fingerprint density at radius 3 is 2.48 bits per heavy atom. The molecule has 0 bridgehead atoms. The first-order valence-corrected chi connectivity index (χ1v) is 12.8. The van der Waals surface area contributed by atoms with Crippen LogP contribution in [-0.2, 0) is 16.6 Å². The molecule has 1 heterocycles. The van der Waals surface area contributed by atoms with Crippen molar-refractivity contribution in [2.75, 3.05) is 39.0 Å². The lowest BCUT2D eigenvalue weighted by Gasteiger charge is -2.33. The Labute approximate surface area is 204 Å². The highest BCUT2D eigenvalue weighted by Gasteiger charge is 2.22. The SMILES string of the molecule is CN=C(NCCS(=O)(=O)NCC1CCC1)NC1CCN(Cc2ccccc2C)CC1.I. The number of benzene rings is 1. The Morgan fingerprint density at radius 2 is 1.87 bits per heavy atom. The van der Waals surface area contributed by atoms with Crippen molar-refractivity contribution in [3.63, 3.8) is 0 Å². The fraction of sp³-hybridized carbons (Fsp3) is 0.682. The van der Waals surface area contributed by atoms with Gasteiger partial charge in [0.25, 0.3) is 0 Å². The number of hydrogen-bond donors (Lipinski definition) is 3. The summed E-state index contributed by atoms with van der Waals surface area (Å²) >= 11 is 0. The number of hydrogen-bond acceptors (Lipinski definition) is 4. The van der Waals surface area contributed by atoms with E-state index in [1.54, 1.807) is 7.05 Å². The van der Waals surface area contributed by atoms with Crippen LogP contribution in [0.5, 0.6) is 0 Å². The normalized spacial score (nSPS) is 18.8. The van der Waals surface area contributed by atoms with Gasteiger partial charge in [-0.15, -0.1) is 24.0 Å². The molecule has 0 aromatic heterocycles. The van der Waals surface area contributed by atoms with E-state index in [9.17, 15) is 8.42 Å². The summed E-state index contributed by atoms with van der Waals surface area (Å²) in [6.07, 6.45) is 5.60. The number of nitrogens with zero attached hydrogens (tertiary/aromatic N) is 2. The first-order valence-electron chi connectivity index (χ1n) is 11.2. The minimum atomic E-state index is -3.23. The van der Waals surface area contributed by atoms with Crippen molar-refractivity contribution in [1.29, 1.82) is 0 Å². The van der Waals surface area contributed by atoms with E-state index in [2.05, 4.69) is 56.4 Å². The lowest BCUT2D eigenvalue weighted by Crippen LogP contribution is -2.49. The summed E-state index contributed by atoms with van der Waals surface area (Å²) in [7, 11) is -1.50. The standard InChI is InChI=1S/C22H37N5O2S.HI/c1-18-6-3-4-9-20(18)17-27-13-10-21(11-14-27)26-22(23-2)24-12-15-30(28,29)25-16-19-7-5-8-19;/h3-4,6,9,19,21,25H,5,7-8,10-17H2,1-2H3,(H2,23,24,26);1H. The number of nitrogens with one attached hydrogen (secondary N) is 3. The Balaban J connectivity index is 0.00000341. The first kappa shape index (κ1) is 26.3. The molecule has 176 valence electrons. The van der Waals surface area contributed by atoms with E-state index in [1.165, 1.54) is 17.5 Å². The number of piperidine rings is 1. The highest BCUT2D eigenvalue weighted by molar-refractivity contribution is 14.0. The smallest absolute Gasteiger partial charge is 0.213 e. The van der Waals surface area contributed by atoms with E-state index in [-0.39, 0.29) is 29.7 Å². The van der Waals surface area contributed by atoms with Crippen LogP contribution in [0.15, 0.2) is 29.3 Å². The van der Waals surface area contributed by atoms with Gasteiger partial charge >= 0.3 is 0 Å². The molecule has 3 N–H and O–H groups in total. The number of aryl methyl sites for hydroxylation is 1. The number of halogens is 1. The lowest BCUT2D eigenvalue weighted by atomic mass is 9.86. The maximum atomic E-state index is 12.1. The molecule has 1 aromatic rings. The largest absolute Gasteiger partial charge is 0.355 e. The molecule has 3 rings (SSSR count). The van der Waals surface area contributed by atoms with E-state index in [4.69, 9.17) is 0 Å². The Morgan fingerprint density at radius 1 is 1.16 bits per heavy atom. The van der Waals surface area contributed by atoms with Crippen LogP contribution in [0, 0.1) is 12.8 Å². The predicted molar refractivity (Wildman–Crippen MR) is 139 cm³/mol. The molecule has 1 aliphatic heterocycles. The summed E-state index contributed by atoms with van der Waals surface area (Å²) in [6, 6.07) is 8.93. The van der Waals surface area contributed by atoms with Crippen LogP contribution in [0.2, 0.25) is 0 Å². The Hall–Kier alpha value is -0.910. The predicted octanol–water partition coefficient (Wildman–Crippen LogP) is 2.46. The van der Waals surface area contributed by atoms with Gasteiger partial charge in [-0.1, -0.05) is 30.7 Å². The molecule has 0 unspecified atom stereocenters. The van der Waals surface area contributed by atoms with Crippen LogP contribution in [0.1, 0.15) is 43.2 Å². The van der Waals surface area contributed by atoms with Crippen molar-refractivity contribution in [2.45, 2.75) is 51.6 Å². The molecule has 9 heteroatoms. The van der Waals surface area contributed by atoms with Crippen LogP contribution in [0.3, 0.4) is 0 Å². The molecule has 2 aliphatic rings. The maximum Gasteiger partial charge on any atom is 0.213 e. The lowest BCUT2D eigenvalue weighted by molar-refractivity contribution is 0.198. The monoisotopic (exact) mass is 563 g/mol. The van der Waals surface area contributed by atoms with Crippen LogP contribution < -0.4 is 15.4 Å². The van der Waals surface area contributed by atoms with Gasteiger partial charge in [0.2, 0.25) is 10.0 Å². The minimum Gasteiger partial charge on any atom is -0.355 e. The van der Waals surface area contributed by atoms with E-state index < -0.39 is 10.0 Å². The Kier molecular flexibility index (Phi) is 11.0. The van der Waals surface area contributed by atoms with Gasteiger partial charge in [0.15, 0.2) is 5.96 Å². The molecule has 0 spiro atoms. The fourth-order valence-corrected chi connectivity index (χ4v) is 4.97. The molecule has 1 saturated heterocycles. The molecular formula is C22H38IN5O2S. The highest BCUT2D eigenvalue weighted by atomic mass is 127. The van der Waals surface area contributed by atoms with Gasteiger partial charge in [0.05, 0.1) is 5.75 Å². The van der Waals surface area contributed by atoms with Crippen molar-refractivity contribution in [3.05, 3.63) is 35.4 Å². The van der Waals surface area contributed by atoms with Crippen molar-refractivity contribution in [1.82, 2.24) is 20.3 Å². The minimum absolute atomic E-state index is 0. The van der Waals surface area contributed by atoms with E-state index in [0.717, 1.165) is 45.3 Å². The van der Waals surface area contributed by atoms with Gasteiger partial charge in [0, 0.05) is 45.8 Å². The quantitative estimate of drug-likeness (QED) is 0.244. The van der Waals surface area contributed by atoms with Crippen molar-refractivity contribution < 1.29 is 8.42 Å². The fourth-order valence-electron chi connectivity index (χ4n) is 3.97. The zero-order valence-corrected chi connectivity index (χ0v) is 21.9. The third-order valence-corrected chi connectivity index (χ3v) is 7.64. The summed E-state index contributed by atoms with van der Waals surface area (Å²) in [6.45, 7) is 6.19. The molecule has 7 nitrogen and oxygen atoms in total. The molecule has 0 radical (unpaired) electrons. The van der Waals surface area contributed by atoms with Gasteiger partial charge in [-0.2, -0.15) is 0 Å².